The lowest BCUT2D eigenvalue weighted by atomic mass is 10.1. The summed E-state index contributed by atoms with van der Waals surface area (Å²) in [6.45, 7) is 2.26. The number of nitrogens with one attached hydrogen (secondary N) is 2. The molecule has 5 N–H and O–H groups in total. The van der Waals surface area contributed by atoms with Crippen molar-refractivity contribution in [2.45, 2.75) is 36.7 Å². The van der Waals surface area contributed by atoms with E-state index in [1.807, 2.05) is 48.5 Å². The summed E-state index contributed by atoms with van der Waals surface area (Å²) in [6.07, 6.45) is 3.72. The quantitative estimate of drug-likeness (QED) is 0.203. The van der Waals surface area contributed by atoms with Crippen LogP contribution in [0.4, 0.5) is 0 Å². The zero-order valence-corrected chi connectivity index (χ0v) is 24.4. The SMILES string of the molecule is NCc1ccc(-n2cc3cc(-c4cccc(S(=O)(=O)N(CCc5ccc(O)cc5)C5CCNCC5)c4)[nH]c3nc2=O)cc1. The lowest BCUT2D eigenvalue weighted by Gasteiger charge is -2.34. The Morgan fingerprint density at radius 2 is 1.70 bits per heavy atom. The fourth-order valence-electron chi connectivity index (χ4n) is 5.58. The number of phenols is 1. The summed E-state index contributed by atoms with van der Waals surface area (Å²) in [5.41, 5.74) is 9.63. The molecule has 1 aliphatic heterocycles. The summed E-state index contributed by atoms with van der Waals surface area (Å²) in [6, 6.07) is 22.9. The summed E-state index contributed by atoms with van der Waals surface area (Å²) < 4.78 is 31.4. The van der Waals surface area contributed by atoms with Gasteiger partial charge in [-0.3, -0.25) is 4.57 Å². The van der Waals surface area contributed by atoms with Crippen molar-refractivity contribution in [1.82, 2.24) is 24.2 Å². The minimum atomic E-state index is -3.83. The van der Waals surface area contributed by atoms with Crippen LogP contribution in [0, 0.1) is 0 Å². The van der Waals surface area contributed by atoms with E-state index in [0.717, 1.165) is 42.4 Å². The van der Waals surface area contributed by atoms with Crippen molar-refractivity contribution < 1.29 is 13.5 Å². The van der Waals surface area contributed by atoms with Crippen LogP contribution in [0.3, 0.4) is 0 Å². The number of aromatic nitrogens is 3. The van der Waals surface area contributed by atoms with E-state index in [1.54, 1.807) is 40.8 Å². The number of piperidine rings is 1. The molecule has 0 unspecified atom stereocenters. The van der Waals surface area contributed by atoms with Crippen LogP contribution in [0.15, 0.2) is 94.7 Å². The second-order valence-electron chi connectivity index (χ2n) is 10.8. The second-order valence-corrected chi connectivity index (χ2v) is 12.7. The Balaban J connectivity index is 1.31. The monoisotopic (exact) mass is 598 g/mol. The van der Waals surface area contributed by atoms with Gasteiger partial charge in [-0.15, -0.1) is 0 Å². The van der Waals surface area contributed by atoms with E-state index in [4.69, 9.17) is 5.73 Å². The van der Waals surface area contributed by atoms with E-state index < -0.39 is 15.7 Å². The smallest absolute Gasteiger partial charge is 0.354 e. The number of phenolic OH excluding ortho intramolecular Hbond substituents is 1. The number of aromatic hydroxyl groups is 1. The van der Waals surface area contributed by atoms with E-state index in [0.29, 0.717) is 42.1 Å². The molecule has 0 atom stereocenters. The number of fused-ring (bicyclic) bond motifs is 1. The van der Waals surface area contributed by atoms with E-state index in [2.05, 4.69) is 15.3 Å². The fraction of sp³-hybridized carbons (Fsp3) is 0.250. The molecule has 10 nitrogen and oxygen atoms in total. The molecule has 0 spiro atoms. The maximum atomic E-state index is 14.1. The Morgan fingerprint density at radius 3 is 2.42 bits per heavy atom. The highest BCUT2D eigenvalue weighted by molar-refractivity contribution is 7.89. The molecule has 0 bridgehead atoms. The van der Waals surface area contributed by atoms with Crippen LogP contribution in [0.2, 0.25) is 0 Å². The number of nitrogens with two attached hydrogens (primary N) is 1. The van der Waals surface area contributed by atoms with Crippen LogP contribution in [0.25, 0.3) is 28.0 Å². The number of hydrogen-bond donors (Lipinski definition) is 4. The molecule has 0 amide bonds. The third-order valence-corrected chi connectivity index (χ3v) is 9.93. The van der Waals surface area contributed by atoms with Gasteiger partial charge in [0.25, 0.3) is 0 Å². The lowest BCUT2D eigenvalue weighted by molar-refractivity contribution is 0.264. The summed E-state index contributed by atoms with van der Waals surface area (Å²) in [7, 11) is -3.83. The standard InChI is InChI=1S/C32H34N6O4S/c33-20-23-4-8-26(9-5-23)37-21-25-19-30(35-31(25)36-32(37)40)24-2-1-3-29(18-24)43(41,42)38(27-12-15-34-16-13-27)17-14-22-6-10-28(39)11-7-22/h1-11,18-19,21,27,34,39H,12-17,20,33H2,(H,35,36,40). The molecule has 0 radical (unpaired) electrons. The van der Waals surface area contributed by atoms with Gasteiger partial charge in [-0.2, -0.15) is 9.29 Å². The van der Waals surface area contributed by atoms with E-state index >= 15 is 0 Å². The normalized spacial score (nSPS) is 14.5. The van der Waals surface area contributed by atoms with E-state index in [9.17, 15) is 18.3 Å². The van der Waals surface area contributed by atoms with Gasteiger partial charge in [0.05, 0.1) is 10.6 Å². The molecule has 3 aromatic carbocycles. The summed E-state index contributed by atoms with van der Waals surface area (Å²) in [5.74, 6) is 0.179. The van der Waals surface area contributed by atoms with Gasteiger partial charge in [-0.25, -0.2) is 13.2 Å². The summed E-state index contributed by atoms with van der Waals surface area (Å²) >= 11 is 0. The lowest BCUT2D eigenvalue weighted by Crippen LogP contribution is -2.46. The molecule has 0 aliphatic carbocycles. The molecule has 43 heavy (non-hydrogen) atoms. The highest BCUT2D eigenvalue weighted by Gasteiger charge is 2.32. The van der Waals surface area contributed by atoms with E-state index in [-0.39, 0.29) is 16.7 Å². The van der Waals surface area contributed by atoms with Crippen LogP contribution in [-0.2, 0) is 23.0 Å². The minimum absolute atomic E-state index is 0.117. The van der Waals surface area contributed by atoms with Crippen molar-refractivity contribution >= 4 is 21.1 Å². The largest absolute Gasteiger partial charge is 0.508 e. The molecule has 1 fully saturated rings. The first-order valence-electron chi connectivity index (χ1n) is 14.3. The predicted octanol–water partition coefficient (Wildman–Crippen LogP) is 3.53. The molecule has 5 aromatic rings. The minimum Gasteiger partial charge on any atom is -0.508 e. The van der Waals surface area contributed by atoms with Gasteiger partial charge in [0.1, 0.15) is 11.4 Å². The number of aromatic amines is 1. The Bertz CT molecular complexity index is 1890. The number of sulfonamides is 1. The predicted molar refractivity (Wildman–Crippen MR) is 167 cm³/mol. The van der Waals surface area contributed by atoms with Gasteiger partial charge in [0, 0.05) is 36.4 Å². The zero-order chi connectivity index (χ0) is 30.0. The van der Waals surface area contributed by atoms with Crippen LogP contribution in [-0.4, -0.2) is 58.0 Å². The average Bonchev–Trinajstić information content (AvgIpc) is 3.45. The maximum absolute atomic E-state index is 14.1. The Morgan fingerprint density at radius 1 is 0.977 bits per heavy atom. The van der Waals surface area contributed by atoms with Gasteiger partial charge in [-0.1, -0.05) is 36.4 Å². The topological polar surface area (TPSA) is 146 Å². The molecule has 6 rings (SSSR count). The summed E-state index contributed by atoms with van der Waals surface area (Å²) in [5, 5.41) is 13.7. The molecule has 0 saturated carbocycles. The Kier molecular flexibility index (Phi) is 8.13. The van der Waals surface area contributed by atoms with Crippen LogP contribution in [0.5, 0.6) is 5.75 Å². The first-order chi connectivity index (χ1) is 20.8. The van der Waals surface area contributed by atoms with Crippen molar-refractivity contribution in [3.8, 4) is 22.7 Å². The maximum Gasteiger partial charge on any atom is 0.354 e. The molecule has 11 heteroatoms. The Labute approximate surface area is 249 Å². The number of benzene rings is 3. The van der Waals surface area contributed by atoms with Gasteiger partial charge in [0.15, 0.2) is 0 Å². The van der Waals surface area contributed by atoms with Crippen LogP contribution < -0.4 is 16.7 Å². The van der Waals surface area contributed by atoms with Gasteiger partial charge >= 0.3 is 5.69 Å². The first-order valence-corrected chi connectivity index (χ1v) is 15.8. The highest BCUT2D eigenvalue weighted by Crippen LogP contribution is 2.29. The number of rotatable bonds is 9. The van der Waals surface area contributed by atoms with Crippen molar-refractivity contribution in [1.29, 1.82) is 0 Å². The molecule has 222 valence electrons. The van der Waals surface area contributed by atoms with Crippen LogP contribution in [0.1, 0.15) is 24.0 Å². The van der Waals surface area contributed by atoms with Gasteiger partial charge in [0.2, 0.25) is 10.0 Å². The van der Waals surface area contributed by atoms with Crippen molar-refractivity contribution in [3.05, 3.63) is 107 Å². The molecular formula is C32H34N6O4S. The van der Waals surface area contributed by atoms with Crippen molar-refractivity contribution in [3.63, 3.8) is 0 Å². The second kappa shape index (κ2) is 12.1. The highest BCUT2D eigenvalue weighted by atomic mass is 32.2. The Hall–Kier alpha value is -4.29. The molecular weight excluding hydrogens is 564 g/mol. The van der Waals surface area contributed by atoms with E-state index in [1.165, 1.54) is 4.57 Å². The van der Waals surface area contributed by atoms with Crippen LogP contribution >= 0.6 is 0 Å². The summed E-state index contributed by atoms with van der Waals surface area (Å²) in [4.78, 5) is 20.5. The number of hydrogen-bond acceptors (Lipinski definition) is 7. The third-order valence-electron chi connectivity index (χ3n) is 7.98. The molecule has 3 heterocycles. The molecule has 1 aliphatic rings. The third kappa shape index (κ3) is 6.11. The first kappa shape index (κ1) is 28.8. The zero-order valence-electron chi connectivity index (χ0n) is 23.6. The number of H-pyrrole nitrogens is 1. The molecule has 2 aromatic heterocycles. The molecule has 1 saturated heterocycles. The number of nitrogens with zero attached hydrogens (tertiary/aromatic N) is 3. The van der Waals surface area contributed by atoms with Gasteiger partial charge in [-0.05, 0) is 91.5 Å². The fourth-order valence-corrected chi connectivity index (χ4v) is 7.31. The average molecular weight is 599 g/mol. The van der Waals surface area contributed by atoms with Crippen molar-refractivity contribution in [2.75, 3.05) is 19.6 Å². The van der Waals surface area contributed by atoms with Gasteiger partial charge < -0.3 is 21.1 Å². The van der Waals surface area contributed by atoms with Crippen molar-refractivity contribution in [2.24, 2.45) is 5.73 Å².